The predicted molar refractivity (Wildman–Crippen MR) is 65.6 cm³/mol. The first-order valence-corrected chi connectivity index (χ1v) is 6.98. The molecule has 6 heteroatoms. The SMILES string of the molecule is CSCC(C)Nc1nnc(CNC2CC2)o1. The molecule has 2 rings (SSSR count). The van der Waals surface area contributed by atoms with Crippen molar-refractivity contribution in [1.82, 2.24) is 15.5 Å². The second kappa shape index (κ2) is 5.54. The monoisotopic (exact) mass is 242 g/mol. The molecule has 0 spiro atoms. The van der Waals surface area contributed by atoms with E-state index >= 15 is 0 Å². The van der Waals surface area contributed by atoms with Gasteiger partial charge in [0.1, 0.15) is 0 Å². The first-order chi connectivity index (χ1) is 7.78. The molecule has 1 saturated carbocycles. The van der Waals surface area contributed by atoms with E-state index in [0.29, 0.717) is 30.5 Å². The van der Waals surface area contributed by atoms with Crippen molar-refractivity contribution in [3.8, 4) is 0 Å². The van der Waals surface area contributed by atoms with Crippen molar-refractivity contribution in [2.75, 3.05) is 17.3 Å². The first kappa shape index (κ1) is 11.7. The van der Waals surface area contributed by atoms with Gasteiger partial charge in [0, 0.05) is 17.8 Å². The van der Waals surface area contributed by atoms with Crippen molar-refractivity contribution in [2.24, 2.45) is 0 Å². The molecular formula is C10H18N4OS. The van der Waals surface area contributed by atoms with Crippen LogP contribution >= 0.6 is 11.8 Å². The van der Waals surface area contributed by atoms with Gasteiger partial charge in [0.05, 0.1) is 6.54 Å². The zero-order chi connectivity index (χ0) is 11.4. The van der Waals surface area contributed by atoms with Gasteiger partial charge in [0.2, 0.25) is 5.89 Å². The van der Waals surface area contributed by atoms with E-state index in [9.17, 15) is 0 Å². The summed E-state index contributed by atoms with van der Waals surface area (Å²) < 4.78 is 5.47. The molecular weight excluding hydrogens is 224 g/mol. The van der Waals surface area contributed by atoms with Crippen LogP contribution in [-0.4, -0.2) is 34.3 Å². The Hall–Kier alpha value is -0.750. The lowest BCUT2D eigenvalue weighted by atomic mass is 10.4. The van der Waals surface area contributed by atoms with Crippen LogP contribution in [0.2, 0.25) is 0 Å². The lowest BCUT2D eigenvalue weighted by Crippen LogP contribution is -2.17. The van der Waals surface area contributed by atoms with Crippen molar-refractivity contribution in [2.45, 2.75) is 38.4 Å². The Kier molecular flexibility index (Phi) is 4.06. The van der Waals surface area contributed by atoms with Crippen molar-refractivity contribution in [3.05, 3.63) is 5.89 Å². The van der Waals surface area contributed by atoms with Crippen LogP contribution in [0.5, 0.6) is 0 Å². The summed E-state index contributed by atoms with van der Waals surface area (Å²) >= 11 is 1.79. The molecule has 5 nitrogen and oxygen atoms in total. The zero-order valence-electron chi connectivity index (χ0n) is 9.69. The van der Waals surface area contributed by atoms with E-state index in [2.05, 4.69) is 34.0 Å². The average molecular weight is 242 g/mol. The summed E-state index contributed by atoms with van der Waals surface area (Å²) in [6.07, 6.45) is 4.62. The van der Waals surface area contributed by atoms with Gasteiger partial charge < -0.3 is 15.1 Å². The standard InChI is InChI=1S/C10H18N4OS/c1-7(6-16-2)12-10-14-13-9(15-10)5-11-8-3-4-8/h7-8,11H,3-6H2,1-2H3,(H,12,14). The molecule has 0 saturated heterocycles. The van der Waals surface area contributed by atoms with Gasteiger partial charge in [-0.05, 0) is 26.0 Å². The van der Waals surface area contributed by atoms with E-state index in [-0.39, 0.29) is 0 Å². The van der Waals surface area contributed by atoms with Crippen LogP contribution < -0.4 is 10.6 Å². The van der Waals surface area contributed by atoms with Gasteiger partial charge in [-0.2, -0.15) is 11.8 Å². The summed E-state index contributed by atoms with van der Waals surface area (Å²) in [5.41, 5.74) is 0. The number of nitrogens with one attached hydrogen (secondary N) is 2. The largest absolute Gasteiger partial charge is 0.407 e. The predicted octanol–water partition coefficient (Wildman–Crippen LogP) is 1.48. The van der Waals surface area contributed by atoms with Crippen LogP contribution in [0.15, 0.2) is 4.42 Å². The van der Waals surface area contributed by atoms with Gasteiger partial charge in [0.15, 0.2) is 0 Å². The Morgan fingerprint density at radius 2 is 2.31 bits per heavy atom. The fourth-order valence-electron chi connectivity index (χ4n) is 1.40. The maximum atomic E-state index is 5.47. The average Bonchev–Trinajstić information content (AvgIpc) is 2.98. The highest BCUT2D eigenvalue weighted by molar-refractivity contribution is 7.98. The summed E-state index contributed by atoms with van der Waals surface area (Å²) in [4.78, 5) is 0. The van der Waals surface area contributed by atoms with Crippen LogP contribution in [-0.2, 0) is 6.54 Å². The van der Waals surface area contributed by atoms with Crippen molar-refractivity contribution in [3.63, 3.8) is 0 Å². The summed E-state index contributed by atoms with van der Waals surface area (Å²) in [6, 6.07) is 1.53. The molecule has 1 aliphatic rings. The fraction of sp³-hybridized carbons (Fsp3) is 0.800. The number of nitrogens with zero attached hydrogens (tertiary/aromatic N) is 2. The normalized spacial score (nSPS) is 17.4. The molecule has 1 fully saturated rings. The summed E-state index contributed by atoms with van der Waals surface area (Å²) in [5, 5.41) is 14.5. The highest BCUT2D eigenvalue weighted by atomic mass is 32.2. The fourth-order valence-corrected chi connectivity index (χ4v) is 1.99. The molecule has 1 unspecified atom stereocenters. The Labute approximate surface area is 99.8 Å². The third-order valence-corrected chi connectivity index (χ3v) is 3.21. The number of thioether (sulfide) groups is 1. The maximum absolute atomic E-state index is 5.47. The second-order valence-corrected chi connectivity index (χ2v) is 5.07. The second-order valence-electron chi connectivity index (χ2n) is 4.16. The summed E-state index contributed by atoms with van der Waals surface area (Å²) in [7, 11) is 0. The van der Waals surface area contributed by atoms with E-state index < -0.39 is 0 Å². The molecule has 1 aromatic heterocycles. The lowest BCUT2D eigenvalue weighted by molar-refractivity contribution is 0.474. The molecule has 2 N–H and O–H groups in total. The third kappa shape index (κ3) is 3.68. The van der Waals surface area contributed by atoms with Crippen LogP contribution in [0.3, 0.4) is 0 Å². The maximum Gasteiger partial charge on any atom is 0.315 e. The quantitative estimate of drug-likeness (QED) is 0.755. The molecule has 1 aliphatic carbocycles. The van der Waals surface area contributed by atoms with Gasteiger partial charge in [-0.1, -0.05) is 5.10 Å². The van der Waals surface area contributed by atoms with Crippen LogP contribution in [0.1, 0.15) is 25.7 Å². The van der Waals surface area contributed by atoms with Gasteiger partial charge in [-0.25, -0.2) is 0 Å². The molecule has 16 heavy (non-hydrogen) atoms. The van der Waals surface area contributed by atoms with E-state index in [4.69, 9.17) is 4.42 Å². The minimum Gasteiger partial charge on any atom is -0.407 e. The highest BCUT2D eigenvalue weighted by Crippen LogP contribution is 2.19. The van der Waals surface area contributed by atoms with Crippen molar-refractivity contribution in [1.29, 1.82) is 0 Å². The lowest BCUT2D eigenvalue weighted by Gasteiger charge is -2.08. The summed E-state index contributed by atoms with van der Waals surface area (Å²) in [5.74, 6) is 1.68. The molecule has 0 aromatic carbocycles. The minimum absolute atomic E-state index is 0.347. The number of anilines is 1. The number of hydrogen-bond acceptors (Lipinski definition) is 6. The molecule has 0 bridgehead atoms. The third-order valence-electron chi connectivity index (χ3n) is 2.37. The van der Waals surface area contributed by atoms with Gasteiger partial charge in [0.25, 0.3) is 0 Å². The van der Waals surface area contributed by atoms with Gasteiger partial charge in [-0.3, -0.25) is 0 Å². The van der Waals surface area contributed by atoms with Crippen LogP contribution in [0.25, 0.3) is 0 Å². The van der Waals surface area contributed by atoms with Gasteiger partial charge >= 0.3 is 6.01 Å². The Morgan fingerprint density at radius 3 is 3.00 bits per heavy atom. The Balaban J connectivity index is 1.76. The van der Waals surface area contributed by atoms with Crippen molar-refractivity contribution >= 4 is 17.8 Å². The smallest absolute Gasteiger partial charge is 0.315 e. The van der Waals surface area contributed by atoms with E-state index in [1.54, 1.807) is 11.8 Å². The number of aromatic nitrogens is 2. The molecule has 1 atom stereocenters. The molecule has 1 aromatic rings. The molecule has 0 amide bonds. The highest BCUT2D eigenvalue weighted by Gasteiger charge is 2.21. The minimum atomic E-state index is 0.347. The Bertz CT molecular complexity index is 326. The van der Waals surface area contributed by atoms with E-state index in [1.807, 2.05) is 0 Å². The van der Waals surface area contributed by atoms with Crippen molar-refractivity contribution < 1.29 is 4.42 Å². The van der Waals surface area contributed by atoms with Crippen LogP contribution in [0.4, 0.5) is 6.01 Å². The van der Waals surface area contributed by atoms with Crippen LogP contribution in [0, 0.1) is 0 Å². The van der Waals surface area contributed by atoms with Gasteiger partial charge in [-0.15, -0.1) is 5.10 Å². The molecule has 0 aliphatic heterocycles. The molecule has 0 radical (unpaired) electrons. The molecule has 1 heterocycles. The first-order valence-electron chi connectivity index (χ1n) is 5.59. The molecule has 90 valence electrons. The topological polar surface area (TPSA) is 63.0 Å². The van der Waals surface area contributed by atoms with E-state index in [0.717, 1.165) is 5.75 Å². The number of hydrogen-bond donors (Lipinski definition) is 2. The zero-order valence-corrected chi connectivity index (χ0v) is 10.5. The number of rotatable bonds is 7. The van der Waals surface area contributed by atoms with E-state index in [1.165, 1.54) is 12.8 Å². The summed E-state index contributed by atoms with van der Waals surface area (Å²) in [6.45, 7) is 2.78. The Morgan fingerprint density at radius 1 is 1.50 bits per heavy atom.